The number of amides is 3. The first kappa shape index (κ1) is 15.1. The molecule has 8 heteroatoms. The molecule has 0 aromatic carbocycles. The SMILES string of the molecule is CC1(C)C(=O)NC(=O)CN1Cc1ccc(C(=O)NN)cn1. The van der Waals surface area contributed by atoms with Crippen LogP contribution in [0.4, 0.5) is 0 Å². The number of nitrogens with one attached hydrogen (secondary N) is 2. The number of pyridine rings is 1. The molecular weight excluding hydrogens is 274 g/mol. The first-order chi connectivity index (χ1) is 9.84. The predicted octanol–water partition coefficient (Wildman–Crippen LogP) is -1.08. The summed E-state index contributed by atoms with van der Waals surface area (Å²) in [6.45, 7) is 3.93. The molecule has 4 N–H and O–H groups in total. The van der Waals surface area contributed by atoms with Crippen molar-refractivity contribution in [2.45, 2.75) is 25.9 Å². The molecule has 1 aliphatic rings. The summed E-state index contributed by atoms with van der Waals surface area (Å²) in [5.74, 6) is 3.94. The van der Waals surface area contributed by atoms with Crippen molar-refractivity contribution in [3.63, 3.8) is 0 Å². The summed E-state index contributed by atoms with van der Waals surface area (Å²) in [5.41, 5.74) is 2.21. The molecule has 1 aromatic rings. The number of nitrogens with zero attached hydrogens (tertiary/aromatic N) is 2. The molecule has 2 rings (SSSR count). The van der Waals surface area contributed by atoms with Crippen LogP contribution in [0.2, 0.25) is 0 Å². The number of hydrazine groups is 1. The van der Waals surface area contributed by atoms with E-state index < -0.39 is 11.4 Å². The van der Waals surface area contributed by atoms with Gasteiger partial charge in [0.1, 0.15) is 0 Å². The van der Waals surface area contributed by atoms with Crippen LogP contribution >= 0.6 is 0 Å². The Hall–Kier alpha value is -2.32. The second-order valence-corrected chi connectivity index (χ2v) is 5.30. The van der Waals surface area contributed by atoms with Crippen LogP contribution in [-0.4, -0.2) is 39.7 Å². The number of hydrogen-bond acceptors (Lipinski definition) is 6. The van der Waals surface area contributed by atoms with E-state index in [0.29, 0.717) is 17.8 Å². The summed E-state index contributed by atoms with van der Waals surface area (Å²) in [5, 5.41) is 2.31. The van der Waals surface area contributed by atoms with Gasteiger partial charge in [0.15, 0.2) is 0 Å². The van der Waals surface area contributed by atoms with Gasteiger partial charge in [0.2, 0.25) is 11.8 Å². The maximum Gasteiger partial charge on any atom is 0.266 e. The Morgan fingerprint density at radius 1 is 1.48 bits per heavy atom. The zero-order valence-corrected chi connectivity index (χ0v) is 11.8. The third kappa shape index (κ3) is 3.06. The number of aromatic nitrogens is 1. The highest BCUT2D eigenvalue weighted by atomic mass is 16.2. The second kappa shape index (κ2) is 5.58. The summed E-state index contributed by atoms with van der Waals surface area (Å²) in [6, 6.07) is 3.25. The molecule has 0 saturated carbocycles. The number of carbonyl (C=O) groups is 3. The van der Waals surface area contributed by atoms with Crippen LogP contribution in [0.3, 0.4) is 0 Å². The highest BCUT2D eigenvalue weighted by molar-refractivity contribution is 6.02. The van der Waals surface area contributed by atoms with Gasteiger partial charge in [-0.1, -0.05) is 0 Å². The molecule has 1 fully saturated rings. The van der Waals surface area contributed by atoms with Gasteiger partial charge in [-0.3, -0.25) is 35.0 Å². The van der Waals surface area contributed by atoms with Gasteiger partial charge in [-0.25, -0.2) is 5.84 Å². The summed E-state index contributed by atoms with van der Waals surface area (Å²) in [7, 11) is 0. The topological polar surface area (TPSA) is 117 Å². The molecule has 1 aliphatic heterocycles. The van der Waals surface area contributed by atoms with Gasteiger partial charge in [0, 0.05) is 12.7 Å². The summed E-state index contributed by atoms with van der Waals surface area (Å²) in [4.78, 5) is 40.5. The van der Waals surface area contributed by atoms with Crippen molar-refractivity contribution in [3.8, 4) is 0 Å². The third-order valence-electron chi connectivity index (χ3n) is 3.50. The zero-order valence-electron chi connectivity index (χ0n) is 11.8. The molecule has 0 aliphatic carbocycles. The number of nitrogen functional groups attached to an aromatic ring is 1. The molecule has 8 nitrogen and oxygen atoms in total. The van der Waals surface area contributed by atoms with Crippen molar-refractivity contribution < 1.29 is 14.4 Å². The van der Waals surface area contributed by atoms with Gasteiger partial charge in [-0.05, 0) is 26.0 Å². The molecule has 2 heterocycles. The number of imide groups is 1. The highest BCUT2D eigenvalue weighted by Crippen LogP contribution is 2.20. The molecular formula is C13H17N5O3. The fourth-order valence-corrected chi connectivity index (χ4v) is 2.02. The van der Waals surface area contributed by atoms with E-state index in [1.165, 1.54) is 6.20 Å². The van der Waals surface area contributed by atoms with Gasteiger partial charge in [-0.2, -0.15) is 0 Å². The molecule has 0 radical (unpaired) electrons. The quantitative estimate of drug-likeness (QED) is 0.282. The van der Waals surface area contributed by atoms with Crippen molar-refractivity contribution >= 4 is 17.7 Å². The highest BCUT2D eigenvalue weighted by Gasteiger charge is 2.40. The minimum absolute atomic E-state index is 0.117. The van der Waals surface area contributed by atoms with Crippen LogP contribution in [0.1, 0.15) is 29.9 Å². The van der Waals surface area contributed by atoms with Crippen LogP contribution < -0.4 is 16.6 Å². The monoisotopic (exact) mass is 291 g/mol. The Morgan fingerprint density at radius 2 is 2.19 bits per heavy atom. The normalized spacial score (nSPS) is 18.2. The van der Waals surface area contributed by atoms with E-state index in [2.05, 4.69) is 10.3 Å². The van der Waals surface area contributed by atoms with E-state index >= 15 is 0 Å². The third-order valence-corrected chi connectivity index (χ3v) is 3.50. The predicted molar refractivity (Wildman–Crippen MR) is 73.5 cm³/mol. The summed E-state index contributed by atoms with van der Waals surface area (Å²) >= 11 is 0. The van der Waals surface area contributed by atoms with Gasteiger partial charge in [-0.15, -0.1) is 0 Å². The fraction of sp³-hybridized carbons (Fsp3) is 0.385. The van der Waals surface area contributed by atoms with Crippen LogP contribution in [0.5, 0.6) is 0 Å². The van der Waals surface area contributed by atoms with Crippen LogP contribution in [0.25, 0.3) is 0 Å². The molecule has 3 amide bonds. The Labute approximate surface area is 121 Å². The lowest BCUT2D eigenvalue weighted by Gasteiger charge is -2.39. The molecule has 21 heavy (non-hydrogen) atoms. The van der Waals surface area contributed by atoms with Crippen LogP contribution in [0.15, 0.2) is 18.3 Å². The molecule has 0 spiro atoms. The standard InChI is InChI=1S/C13H17N5O3/c1-13(2)12(21)16-10(19)7-18(13)6-9-4-3-8(5-15-9)11(20)17-14/h3-5H,6-7,14H2,1-2H3,(H,17,20)(H,16,19,21). The van der Waals surface area contributed by atoms with E-state index in [0.717, 1.165) is 0 Å². The maximum absolute atomic E-state index is 11.8. The minimum atomic E-state index is -0.803. The Kier molecular flexibility index (Phi) is 4.01. The first-order valence-electron chi connectivity index (χ1n) is 6.40. The number of rotatable bonds is 3. The number of hydrogen-bond donors (Lipinski definition) is 3. The molecule has 0 unspecified atom stereocenters. The van der Waals surface area contributed by atoms with Gasteiger partial charge in [0.05, 0.1) is 23.3 Å². The Morgan fingerprint density at radius 3 is 2.76 bits per heavy atom. The Bertz CT molecular complexity index is 582. The number of piperazine rings is 1. The lowest BCUT2D eigenvalue weighted by atomic mass is 9.98. The molecule has 0 atom stereocenters. The van der Waals surface area contributed by atoms with Gasteiger partial charge < -0.3 is 0 Å². The second-order valence-electron chi connectivity index (χ2n) is 5.30. The summed E-state index contributed by atoms with van der Waals surface area (Å²) < 4.78 is 0. The molecule has 1 aromatic heterocycles. The van der Waals surface area contributed by atoms with Crippen molar-refractivity contribution in [3.05, 3.63) is 29.6 Å². The average Bonchev–Trinajstić information content (AvgIpc) is 2.45. The maximum atomic E-state index is 11.8. The van der Waals surface area contributed by atoms with Crippen molar-refractivity contribution in [2.75, 3.05) is 6.54 Å². The largest absolute Gasteiger partial charge is 0.294 e. The summed E-state index contributed by atoms with van der Waals surface area (Å²) in [6.07, 6.45) is 1.40. The van der Waals surface area contributed by atoms with Crippen molar-refractivity contribution in [1.29, 1.82) is 0 Å². The number of nitrogens with two attached hydrogens (primary N) is 1. The lowest BCUT2D eigenvalue weighted by molar-refractivity contribution is -0.145. The van der Waals surface area contributed by atoms with E-state index in [4.69, 9.17) is 5.84 Å². The van der Waals surface area contributed by atoms with E-state index in [9.17, 15) is 14.4 Å². The van der Waals surface area contributed by atoms with Crippen LogP contribution in [-0.2, 0) is 16.1 Å². The fourth-order valence-electron chi connectivity index (χ4n) is 2.02. The van der Waals surface area contributed by atoms with E-state index in [1.54, 1.807) is 30.9 Å². The lowest BCUT2D eigenvalue weighted by Crippen LogP contribution is -2.63. The van der Waals surface area contributed by atoms with Gasteiger partial charge in [0.25, 0.3) is 5.91 Å². The van der Waals surface area contributed by atoms with Crippen molar-refractivity contribution in [1.82, 2.24) is 20.6 Å². The zero-order chi connectivity index (χ0) is 15.6. The average molecular weight is 291 g/mol. The molecule has 1 saturated heterocycles. The molecule has 112 valence electrons. The van der Waals surface area contributed by atoms with Crippen LogP contribution in [0, 0.1) is 0 Å². The van der Waals surface area contributed by atoms with E-state index in [1.807, 2.05) is 5.43 Å². The van der Waals surface area contributed by atoms with Gasteiger partial charge >= 0.3 is 0 Å². The number of carbonyl (C=O) groups excluding carboxylic acids is 3. The smallest absolute Gasteiger partial charge is 0.266 e. The Balaban J connectivity index is 2.15. The van der Waals surface area contributed by atoms with Crippen molar-refractivity contribution in [2.24, 2.45) is 5.84 Å². The molecule has 0 bridgehead atoms. The first-order valence-corrected chi connectivity index (χ1v) is 6.40. The van der Waals surface area contributed by atoms with E-state index in [-0.39, 0.29) is 18.4 Å². The minimum Gasteiger partial charge on any atom is -0.294 e.